The fourth-order valence-corrected chi connectivity index (χ4v) is 3.06. The fourth-order valence-electron chi connectivity index (χ4n) is 2.43. The van der Waals surface area contributed by atoms with Crippen molar-refractivity contribution in [1.82, 2.24) is 14.5 Å². The molecule has 0 aliphatic carbocycles. The average molecular weight is 319 g/mol. The Labute approximate surface area is 127 Å². The SMILES string of the molecule is CCn1cc(-c2ccc(S(C)(=O)=O)cc2F)c2ncncc21. The van der Waals surface area contributed by atoms with Gasteiger partial charge >= 0.3 is 0 Å². The zero-order valence-electron chi connectivity index (χ0n) is 12.1. The van der Waals surface area contributed by atoms with Gasteiger partial charge in [-0.3, -0.25) is 0 Å². The number of benzene rings is 1. The van der Waals surface area contributed by atoms with E-state index in [0.29, 0.717) is 23.2 Å². The molecule has 0 aliphatic rings. The van der Waals surface area contributed by atoms with Gasteiger partial charge in [0.2, 0.25) is 0 Å². The molecule has 0 spiro atoms. The molecular weight excluding hydrogens is 305 g/mol. The highest BCUT2D eigenvalue weighted by Gasteiger charge is 2.17. The Morgan fingerprint density at radius 2 is 2.05 bits per heavy atom. The molecule has 0 bridgehead atoms. The number of hydrogen-bond acceptors (Lipinski definition) is 4. The molecule has 0 aliphatic heterocycles. The van der Waals surface area contributed by atoms with Gasteiger partial charge in [0.1, 0.15) is 12.1 Å². The van der Waals surface area contributed by atoms with Crippen molar-refractivity contribution in [2.75, 3.05) is 6.26 Å². The van der Waals surface area contributed by atoms with E-state index in [0.717, 1.165) is 17.8 Å². The molecule has 0 fully saturated rings. The summed E-state index contributed by atoms with van der Waals surface area (Å²) in [5, 5.41) is 0. The van der Waals surface area contributed by atoms with Gasteiger partial charge in [0.15, 0.2) is 9.84 Å². The summed E-state index contributed by atoms with van der Waals surface area (Å²) < 4.78 is 39.3. The molecule has 0 saturated heterocycles. The Kier molecular flexibility index (Phi) is 3.44. The number of aromatic nitrogens is 3. The average Bonchev–Trinajstić information content (AvgIpc) is 2.85. The second-order valence-corrected chi connectivity index (χ2v) is 7.01. The van der Waals surface area contributed by atoms with Gasteiger partial charge in [-0.05, 0) is 19.1 Å². The van der Waals surface area contributed by atoms with E-state index in [1.54, 1.807) is 12.4 Å². The van der Waals surface area contributed by atoms with Crippen LogP contribution in [0.1, 0.15) is 6.92 Å². The van der Waals surface area contributed by atoms with Crippen molar-refractivity contribution < 1.29 is 12.8 Å². The third-order valence-corrected chi connectivity index (χ3v) is 4.65. The van der Waals surface area contributed by atoms with Crippen LogP contribution >= 0.6 is 0 Å². The summed E-state index contributed by atoms with van der Waals surface area (Å²) in [6.07, 6.45) is 5.95. The molecule has 2 aromatic heterocycles. The summed E-state index contributed by atoms with van der Waals surface area (Å²) in [6.45, 7) is 2.67. The quantitative estimate of drug-likeness (QED) is 0.744. The monoisotopic (exact) mass is 319 g/mol. The molecule has 0 N–H and O–H groups in total. The van der Waals surface area contributed by atoms with Crippen LogP contribution in [0, 0.1) is 5.82 Å². The van der Waals surface area contributed by atoms with Crippen molar-refractivity contribution in [2.45, 2.75) is 18.4 Å². The van der Waals surface area contributed by atoms with E-state index in [4.69, 9.17) is 0 Å². The first-order valence-electron chi connectivity index (χ1n) is 6.70. The van der Waals surface area contributed by atoms with E-state index in [1.165, 1.54) is 18.5 Å². The van der Waals surface area contributed by atoms with Crippen LogP contribution in [0.15, 0.2) is 41.8 Å². The van der Waals surface area contributed by atoms with Crippen molar-refractivity contribution in [1.29, 1.82) is 0 Å². The number of fused-ring (bicyclic) bond motifs is 1. The minimum atomic E-state index is -3.44. The molecule has 0 atom stereocenters. The molecule has 3 rings (SSSR count). The fraction of sp³-hybridized carbons (Fsp3) is 0.200. The van der Waals surface area contributed by atoms with E-state index in [1.807, 2.05) is 11.5 Å². The largest absolute Gasteiger partial charge is 0.345 e. The van der Waals surface area contributed by atoms with Gasteiger partial charge < -0.3 is 4.57 Å². The highest BCUT2D eigenvalue weighted by Crippen LogP contribution is 2.31. The summed E-state index contributed by atoms with van der Waals surface area (Å²) >= 11 is 0. The molecular formula is C15H14FN3O2S. The van der Waals surface area contributed by atoms with Gasteiger partial charge in [-0.2, -0.15) is 0 Å². The van der Waals surface area contributed by atoms with Crippen LogP contribution in [0.4, 0.5) is 4.39 Å². The van der Waals surface area contributed by atoms with Crippen LogP contribution in [0.25, 0.3) is 22.2 Å². The van der Waals surface area contributed by atoms with Crippen molar-refractivity contribution in [3.63, 3.8) is 0 Å². The Bertz CT molecular complexity index is 964. The van der Waals surface area contributed by atoms with Gasteiger partial charge in [-0.25, -0.2) is 22.8 Å². The van der Waals surface area contributed by atoms with Gasteiger partial charge in [-0.1, -0.05) is 6.07 Å². The molecule has 0 saturated carbocycles. The molecule has 2 heterocycles. The van der Waals surface area contributed by atoms with Crippen LogP contribution in [0.2, 0.25) is 0 Å². The number of sulfone groups is 1. The van der Waals surface area contributed by atoms with Crippen LogP contribution in [-0.4, -0.2) is 29.2 Å². The highest BCUT2D eigenvalue weighted by atomic mass is 32.2. The third-order valence-electron chi connectivity index (χ3n) is 3.54. The standard InChI is InChI=1S/C15H14FN3O2S/c1-3-19-8-12(15-14(19)7-17-9-18-15)11-5-4-10(6-13(11)16)22(2,20)21/h4-9H,3H2,1-2H3. The predicted octanol–water partition coefficient (Wildman–Crippen LogP) is 2.66. The van der Waals surface area contributed by atoms with Crippen LogP contribution < -0.4 is 0 Å². The van der Waals surface area contributed by atoms with Crippen molar-refractivity contribution in [3.8, 4) is 11.1 Å². The number of hydrogen-bond donors (Lipinski definition) is 0. The number of aryl methyl sites for hydroxylation is 1. The zero-order chi connectivity index (χ0) is 15.9. The van der Waals surface area contributed by atoms with E-state index < -0.39 is 15.7 Å². The Hall–Kier alpha value is -2.28. The molecule has 5 nitrogen and oxygen atoms in total. The third kappa shape index (κ3) is 2.37. The topological polar surface area (TPSA) is 64.8 Å². The molecule has 114 valence electrons. The maximum absolute atomic E-state index is 14.4. The van der Waals surface area contributed by atoms with Crippen LogP contribution in [0.3, 0.4) is 0 Å². The Balaban J connectivity index is 2.24. The summed E-state index contributed by atoms with van der Waals surface area (Å²) in [7, 11) is -3.44. The van der Waals surface area contributed by atoms with Crippen molar-refractivity contribution in [2.24, 2.45) is 0 Å². The molecule has 1 aromatic carbocycles. The Morgan fingerprint density at radius 1 is 1.27 bits per heavy atom. The highest BCUT2D eigenvalue weighted by molar-refractivity contribution is 7.90. The summed E-state index contributed by atoms with van der Waals surface area (Å²) in [4.78, 5) is 8.17. The summed E-state index contributed by atoms with van der Waals surface area (Å²) in [6, 6.07) is 3.92. The van der Waals surface area contributed by atoms with Crippen molar-refractivity contribution >= 4 is 20.9 Å². The first-order valence-corrected chi connectivity index (χ1v) is 8.59. The second kappa shape index (κ2) is 5.17. The van der Waals surface area contributed by atoms with Gasteiger partial charge in [0.25, 0.3) is 0 Å². The van der Waals surface area contributed by atoms with Crippen LogP contribution in [-0.2, 0) is 16.4 Å². The predicted molar refractivity (Wildman–Crippen MR) is 81.7 cm³/mol. The lowest BCUT2D eigenvalue weighted by Crippen LogP contribution is -1.98. The van der Waals surface area contributed by atoms with Crippen molar-refractivity contribution in [3.05, 3.63) is 42.7 Å². The van der Waals surface area contributed by atoms with E-state index in [-0.39, 0.29) is 4.90 Å². The number of rotatable bonds is 3. The van der Waals surface area contributed by atoms with Gasteiger partial charge in [0.05, 0.1) is 22.1 Å². The minimum absolute atomic E-state index is 0.0393. The second-order valence-electron chi connectivity index (χ2n) is 5.00. The lowest BCUT2D eigenvalue weighted by atomic mass is 10.1. The zero-order valence-corrected chi connectivity index (χ0v) is 12.9. The lowest BCUT2D eigenvalue weighted by molar-refractivity contribution is 0.596. The molecule has 7 heteroatoms. The van der Waals surface area contributed by atoms with Gasteiger partial charge in [-0.15, -0.1) is 0 Å². The smallest absolute Gasteiger partial charge is 0.175 e. The molecule has 22 heavy (non-hydrogen) atoms. The molecule has 0 amide bonds. The maximum atomic E-state index is 14.4. The lowest BCUT2D eigenvalue weighted by Gasteiger charge is -2.04. The minimum Gasteiger partial charge on any atom is -0.345 e. The van der Waals surface area contributed by atoms with Crippen LogP contribution in [0.5, 0.6) is 0 Å². The van der Waals surface area contributed by atoms with Gasteiger partial charge in [0, 0.05) is 30.1 Å². The normalized spacial score (nSPS) is 12.0. The van der Waals surface area contributed by atoms with E-state index in [9.17, 15) is 12.8 Å². The number of nitrogens with zero attached hydrogens (tertiary/aromatic N) is 3. The Morgan fingerprint density at radius 3 is 2.68 bits per heavy atom. The molecule has 0 radical (unpaired) electrons. The summed E-state index contributed by atoms with van der Waals surface area (Å²) in [5.74, 6) is -0.586. The maximum Gasteiger partial charge on any atom is 0.175 e. The van der Waals surface area contributed by atoms with E-state index >= 15 is 0 Å². The first-order chi connectivity index (χ1) is 10.4. The van der Waals surface area contributed by atoms with E-state index in [2.05, 4.69) is 9.97 Å². The number of halogens is 1. The molecule has 0 unspecified atom stereocenters. The molecule has 3 aromatic rings. The first kappa shape index (κ1) is 14.6. The summed E-state index contributed by atoms with van der Waals surface area (Å²) in [5.41, 5.74) is 2.40.